The predicted octanol–water partition coefficient (Wildman–Crippen LogP) is -6.59. The summed E-state index contributed by atoms with van der Waals surface area (Å²) >= 11 is 0. The van der Waals surface area contributed by atoms with Gasteiger partial charge < -0.3 is 50.1 Å². The van der Waals surface area contributed by atoms with Crippen molar-refractivity contribution in [2.45, 2.75) is 20.8 Å². The molecule has 0 aromatic heterocycles. The zero-order valence-corrected chi connectivity index (χ0v) is 41.7. The van der Waals surface area contributed by atoms with Crippen LogP contribution in [-0.4, -0.2) is 67.3 Å². The number of phenolic OH excluding ortho intramolecular Hbond substituents is 2. The molecule has 0 amide bonds. The molecule has 2 aliphatic carbocycles. The van der Waals surface area contributed by atoms with Gasteiger partial charge in [0.1, 0.15) is 23.0 Å². The molecule has 0 fully saturated rings. The second-order valence-corrected chi connectivity index (χ2v) is 13.6. The molecule has 0 aliphatic heterocycles. The zero-order valence-electron chi connectivity index (χ0n) is 35.7. The van der Waals surface area contributed by atoms with E-state index in [0.29, 0.717) is 22.3 Å². The normalized spacial score (nSPS) is 12.4. The van der Waals surface area contributed by atoms with Gasteiger partial charge in [0.2, 0.25) is 0 Å². The number of aromatic carboxylic acids is 2. The average molecular weight is 905 g/mol. The second kappa shape index (κ2) is 23.5. The van der Waals surface area contributed by atoms with E-state index in [4.69, 9.17) is 0 Å². The Morgan fingerprint density at radius 1 is 0.400 bits per heavy atom. The van der Waals surface area contributed by atoms with Gasteiger partial charge in [-0.25, -0.2) is 0 Å². The standard InChI is InChI=1S/C25H20O6.C22H14O9.3Na/c1-13(26)19-10-16(4-7-22(19)29)25(17-5-8-23(30)20(11-17)14(2)27)18-6-9-24(31)21(12-18)15(3)28;23-16-4-1-10(7-13(16)20(26)27)19(11-2-5-17(24)14(8-11)21(28)29)12-3-6-18(25)15(9-12)22(30)31;;;/h4-12,29-30H,1-3H3;1-9,23-24H,(H,26,27)(H,28,29)(H,30,31);;;/q;;3*+1/p-3. The van der Waals surface area contributed by atoms with E-state index in [9.17, 15) is 74.1 Å². The first-order valence-electron chi connectivity index (χ1n) is 18.1. The summed E-state index contributed by atoms with van der Waals surface area (Å²) in [5.41, 5.74) is 0.912. The number of carbonyl (C=O) groups excluding carboxylic acids is 8. The van der Waals surface area contributed by atoms with Crippen molar-refractivity contribution in [1.29, 1.82) is 0 Å². The van der Waals surface area contributed by atoms with Crippen LogP contribution in [0.25, 0.3) is 11.1 Å². The van der Waals surface area contributed by atoms with Crippen molar-refractivity contribution >= 4 is 58.0 Å². The van der Waals surface area contributed by atoms with Crippen LogP contribution >= 0.6 is 0 Å². The third kappa shape index (κ3) is 12.8. The minimum atomic E-state index is -1.74. The molecule has 0 spiro atoms. The van der Waals surface area contributed by atoms with E-state index in [2.05, 4.69) is 0 Å². The molecule has 65 heavy (non-hydrogen) atoms. The molecule has 4 aromatic carbocycles. The van der Waals surface area contributed by atoms with Gasteiger partial charge in [0.25, 0.3) is 0 Å². The van der Waals surface area contributed by atoms with Crippen LogP contribution in [0.4, 0.5) is 0 Å². The number of aromatic hydroxyl groups is 4. The van der Waals surface area contributed by atoms with E-state index >= 15 is 0 Å². The zero-order chi connectivity index (χ0) is 45.7. The summed E-state index contributed by atoms with van der Waals surface area (Å²) in [6.45, 7) is 3.95. The Kier molecular flexibility index (Phi) is 20.0. The van der Waals surface area contributed by atoms with Gasteiger partial charge in [-0.15, -0.1) is 0 Å². The number of hydrogen-bond acceptors (Lipinski definition) is 15. The summed E-state index contributed by atoms with van der Waals surface area (Å²) in [6.07, 6.45) is 7.49. The molecule has 2 aliphatic rings. The molecule has 15 nitrogen and oxygen atoms in total. The maximum Gasteiger partial charge on any atom is 1.00 e. The van der Waals surface area contributed by atoms with E-state index in [-0.39, 0.29) is 151 Å². The number of carbonyl (C=O) groups is 8. The van der Waals surface area contributed by atoms with E-state index < -0.39 is 63.5 Å². The van der Waals surface area contributed by atoms with E-state index in [1.807, 2.05) is 0 Å². The van der Waals surface area contributed by atoms with E-state index in [1.54, 1.807) is 18.2 Å². The molecule has 312 valence electrons. The van der Waals surface area contributed by atoms with Crippen LogP contribution in [0.5, 0.6) is 23.0 Å². The molecule has 0 radical (unpaired) electrons. The second-order valence-electron chi connectivity index (χ2n) is 13.6. The number of hydrogen-bond donors (Lipinski definition) is 4. The number of rotatable bonds is 10. The number of phenols is 4. The molecule has 0 saturated heterocycles. The SMILES string of the molecule is CC(=O)C1=CC(=C(c2ccc(O)c(C(C)=O)c2)c2ccc(O)c(C(C)=O)c2)C=CC1=O.O=C([O-])C1=CC(=C(c2ccc(O)c(C(=O)[O-])c2)c2ccc(O)c(C(=O)[O-])c2)C=CC1=O.[Na+].[Na+].[Na+]. The molecule has 18 heteroatoms. The number of aliphatic carboxylic acids is 1. The first-order chi connectivity index (χ1) is 29.2. The van der Waals surface area contributed by atoms with E-state index in [1.165, 1.54) is 75.4 Å². The van der Waals surface area contributed by atoms with Crippen molar-refractivity contribution in [3.05, 3.63) is 176 Å². The molecule has 0 bridgehead atoms. The van der Waals surface area contributed by atoms with Gasteiger partial charge in [-0.05, 0) is 138 Å². The summed E-state index contributed by atoms with van der Waals surface area (Å²) in [6, 6.07) is 15.7. The Balaban J connectivity index is 0.000000427. The Labute approximate surface area is 436 Å². The Morgan fingerprint density at radius 2 is 0.692 bits per heavy atom. The van der Waals surface area contributed by atoms with Gasteiger partial charge in [0.05, 0.1) is 34.6 Å². The van der Waals surface area contributed by atoms with Gasteiger partial charge in [-0.2, -0.15) is 0 Å². The van der Waals surface area contributed by atoms with Crippen LogP contribution in [0.15, 0.2) is 132 Å². The van der Waals surface area contributed by atoms with Crippen molar-refractivity contribution in [2.24, 2.45) is 0 Å². The van der Waals surface area contributed by atoms with Crippen LogP contribution in [0.3, 0.4) is 0 Å². The first kappa shape index (κ1) is 55.4. The Bertz CT molecular complexity index is 2570. The molecule has 6 rings (SSSR count). The molecule has 0 atom stereocenters. The largest absolute Gasteiger partial charge is 1.00 e. The van der Waals surface area contributed by atoms with Crippen molar-refractivity contribution in [3.8, 4) is 23.0 Å². The minimum absolute atomic E-state index is 0. The predicted molar refractivity (Wildman–Crippen MR) is 213 cm³/mol. The first-order valence-corrected chi connectivity index (χ1v) is 18.1. The number of ketones is 5. The van der Waals surface area contributed by atoms with Crippen LogP contribution in [-0.2, 0) is 19.2 Å². The summed E-state index contributed by atoms with van der Waals surface area (Å²) in [5.74, 6) is -8.97. The topological polar surface area (TPSA) is 287 Å². The van der Waals surface area contributed by atoms with Crippen molar-refractivity contribution in [3.63, 3.8) is 0 Å². The average Bonchev–Trinajstić information content (AvgIpc) is 3.21. The monoisotopic (exact) mass is 904 g/mol. The van der Waals surface area contributed by atoms with E-state index in [0.717, 1.165) is 36.4 Å². The fourth-order valence-electron chi connectivity index (χ4n) is 6.46. The number of benzene rings is 4. The summed E-state index contributed by atoms with van der Waals surface area (Å²) < 4.78 is 0. The number of Topliss-reactive ketones (excluding diaryl/α,β-unsaturated/α-hetero) is 3. The van der Waals surface area contributed by atoms with Crippen molar-refractivity contribution in [2.75, 3.05) is 0 Å². The van der Waals surface area contributed by atoms with Crippen LogP contribution in [0.2, 0.25) is 0 Å². The van der Waals surface area contributed by atoms with Gasteiger partial charge in [-0.3, -0.25) is 24.0 Å². The fourth-order valence-corrected chi connectivity index (χ4v) is 6.46. The fraction of sp³-hybridized carbons (Fsp3) is 0.0638. The maximum atomic E-state index is 12.1. The molecule has 4 N–H and O–H groups in total. The van der Waals surface area contributed by atoms with Crippen LogP contribution < -0.4 is 104 Å². The molecular formula is C47H31Na3O15. The molecular weight excluding hydrogens is 873 g/mol. The molecule has 0 heterocycles. The Hall–Kier alpha value is -5.72. The van der Waals surface area contributed by atoms with Gasteiger partial charge in [0.15, 0.2) is 28.9 Å². The Morgan fingerprint density at radius 3 is 0.985 bits per heavy atom. The van der Waals surface area contributed by atoms with Gasteiger partial charge >= 0.3 is 88.7 Å². The smallest absolute Gasteiger partial charge is 0.545 e. The third-order valence-corrected chi connectivity index (χ3v) is 9.48. The van der Waals surface area contributed by atoms with Crippen LogP contribution in [0.1, 0.15) is 84.5 Å². The number of allylic oxidation sites excluding steroid dienone is 9. The summed E-state index contributed by atoms with van der Waals surface area (Å²) in [5, 5.41) is 73.5. The van der Waals surface area contributed by atoms with Crippen molar-refractivity contribution < 1.29 is 163 Å². The van der Waals surface area contributed by atoms with Crippen LogP contribution in [0, 0.1) is 0 Å². The maximum absolute atomic E-state index is 12.1. The summed E-state index contributed by atoms with van der Waals surface area (Å²) in [4.78, 5) is 93.7. The summed E-state index contributed by atoms with van der Waals surface area (Å²) in [7, 11) is 0. The number of carboxylic acids is 3. The molecule has 0 saturated carbocycles. The third-order valence-electron chi connectivity index (χ3n) is 9.48. The van der Waals surface area contributed by atoms with Gasteiger partial charge in [-0.1, -0.05) is 36.4 Å². The molecule has 4 aromatic rings. The minimum Gasteiger partial charge on any atom is -0.545 e. The van der Waals surface area contributed by atoms with Crippen molar-refractivity contribution in [1.82, 2.24) is 0 Å². The van der Waals surface area contributed by atoms with Gasteiger partial charge in [0, 0.05) is 16.7 Å². The molecule has 0 unspecified atom stereocenters. The quantitative estimate of drug-likeness (QED) is 0.0654. The number of carboxylic acid groups (broad SMARTS) is 3.